The number of fused-ring (bicyclic) bond motifs is 1. The topological polar surface area (TPSA) is 87.3 Å². The van der Waals surface area contributed by atoms with E-state index in [0.717, 1.165) is 0 Å². The van der Waals surface area contributed by atoms with Gasteiger partial charge in [-0.05, 0) is 42.5 Å². The van der Waals surface area contributed by atoms with E-state index in [4.69, 9.17) is 4.74 Å². The third-order valence-electron chi connectivity index (χ3n) is 4.66. The molecule has 0 spiro atoms. The van der Waals surface area contributed by atoms with Gasteiger partial charge in [-0.2, -0.15) is 0 Å². The van der Waals surface area contributed by atoms with E-state index in [-0.39, 0.29) is 17.0 Å². The largest absolute Gasteiger partial charge is 0.496 e. The fraction of sp³-hybridized carbons (Fsp3) is 0.0909. The first-order valence-electron chi connectivity index (χ1n) is 9.20. The van der Waals surface area contributed by atoms with Crippen molar-refractivity contribution in [2.45, 2.75) is 10.9 Å². The van der Waals surface area contributed by atoms with Gasteiger partial charge in [-0.1, -0.05) is 23.9 Å². The molecule has 156 valence electrons. The molecule has 0 saturated carbocycles. The Morgan fingerprint density at radius 3 is 2.58 bits per heavy atom. The highest BCUT2D eigenvalue weighted by Gasteiger charge is 2.16. The molecule has 3 aromatic carbocycles. The predicted molar refractivity (Wildman–Crippen MR) is 117 cm³/mol. The van der Waals surface area contributed by atoms with Crippen molar-refractivity contribution in [2.24, 2.45) is 0 Å². The van der Waals surface area contributed by atoms with Crippen molar-refractivity contribution in [3.63, 3.8) is 0 Å². The Hall–Kier alpha value is -3.72. The Balaban J connectivity index is 1.81. The summed E-state index contributed by atoms with van der Waals surface area (Å²) in [6.07, 6.45) is 0. The molecule has 0 N–H and O–H groups in total. The number of aromatic nitrogens is 2. The van der Waals surface area contributed by atoms with Gasteiger partial charge in [-0.15, -0.1) is 0 Å². The standard InChI is InChI=1S/C22H16FN3O4S/c1-30-20-11-10-17(26(28)29)12-14(20)13-31-22-24-19-5-3-2-4-18(19)21(27)25(22)16-8-6-15(23)7-9-16/h2-12H,13H2,1H3. The van der Waals surface area contributed by atoms with Crippen molar-refractivity contribution in [1.29, 1.82) is 0 Å². The number of nitro groups is 1. The van der Waals surface area contributed by atoms with Gasteiger partial charge in [0.25, 0.3) is 11.2 Å². The summed E-state index contributed by atoms with van der Waals surface area (Å²) in [5.74, 6) is 0.354. The van der Waals surface area contributed by atoms with Crippen molar-refractivity contribution in [1.82, 2.24) is 9.55 Å². The van der Waals surface area contributed by atoms with Crippen LogP contribution in [-0.2, 0) is 5.75 Å². The van der Waals surface area contributed by atoms with Crippen LogP contribution in [0.4, 0.5) is 10.1 Å². The average molecular weight is 437 g/mol. The van der Waals surface area contributed by atoms with Crippen LogP contribution in [-0.4, -0.2) is 21.6 Å². The minimum atomic E-state index is -0.476. The highest BCUT2D eigenvalue weighted by molar-refractivity contribution is 7.98. The molecule has 0 saturated heterocycles. The average Bonchev–Trinajstić information content (AvgIpc) is 2.78. The fourth-order valence-corrected chi connectivity index (χ4v) is 4.15. The number of nitro benzene ring substituents is 1. The Morgan fingerprint density at radius 1 is 1.13 bits per heavy atom. The third kappa shape index (κ3) is 4.13. The van der Waals surface area contributed by atoms with Crippen molar-refractivity contribution in [2.75, 3.05) is 7.11 Å². The molecular weight excluding hydrogens is 421 g/mol. The number of thioether (sulfide) groups is 1. The predicted octanol–water partition coefficient (Wildman–Crippen LogP) is 4.73. The van der Waals surface area contributed by atoms with Gasteiger partial charge in [0.1, 0.15) is 11.6 Å². The smallest absolute Gasteiger partial charge is 0.270 e. The molecule has 0 bridgehead atoms. The van der Waals surface area contributed by atoms with Crippen molar-refractivity contribution in [3.8, 4) is 11.4 Å². The lowest BCUT2D eigenvalue weighted by Gasteiger charge is -2.14. The van der Waals surface area contributed by atoms with E-state index < -0.39 is 10.7 Å². The van der Waals surface area contributed by atoms with Gasteiger partial charge in [0.05, 0.1) is 28.6 Å². The van der Waals surface area contributed by atoms with Crippen LogP contribution < -0.4 is 10.3 Å². The summed E-state index contributed by atoms with van der Waals surface area (Å²) in [6.45, 7) is 0. The second-order valence-electron chi connectivity index (χ2n) is 6.57. The first-order chi connectivity index (χ1) is 15.0. The number of benzene rings is 3. The number of halogens is 1. The summed E-state index contributed by atoms with van der Waals surface area (Å²) in [6, 6.07) is 16.9. The highest BCUT2D eigenvalue weighted by atomic mass is 32.2. The molecule has 4 rings (SSSR count). The number of nitrogens with zero attached hydrogens (tertiary/aromatic N) is 3. The van der Waals surface area contributed by atoms with E-state index in [0.29, 0.717) is 33.1 Å². The van der Waals surface area contributed by atoms with Crippen molar-refractivity contribution >= 4 is 28.4 Å². The summed E-state index contributed by atoms with van der Waals surface area (Å²) in [4.78, 5) is 28.5. The summed E-state index contributed by atoms with van der Waals surface area (Å²) in [5, 5.41) is 12.0. The summed E-state index contributed by atoms with van der Waals surface area (Å²) in [5.41, 5.74) is 1.25. The van der Waals surface area contributed by atoms with Crippen LogP contribution in [0.3, 0.4) is 0 Å². The Bertz CT molecular complexity index is 1340. The van der Waals surface area contributed by atoms with E-state index in [2.05, 4.69) is 4.98 Å². The molecule has 31 heavy (non-hydrogen) atoms. The molecule has 0 fully saturated rings. The third-order valence-corrected chi connectivity index (χ3v) is 5.65. The molecule has 0 aliphatic heterocycles. The zero-order valence-corrected chi connectivity index (χ0v) is 17.1. The molecular formula is C22H16FN3O4S. The van der Waals surface area contributed by atoms with Crippen LogP contribution in [0.5, 0.6) is 5.75 Å². The monoisotopic (exact) mass is 437 g/mol. The molecule has 1 heterocycles. The van der Waals surface area contributed by atoms with E-state index in [1.165, 1.54) is 65.9 Å². The first kappa shape index (κ1) is 20.5. The molecule has 0 radical (unpaired) electrons. The van der Waals surface area contributed by atoms with Crippen LogP contribution in [0.25, 0.3) is 16.6 Å². The van der Waals surface area contributed by atoms with E-state index in [1.807, 2.05) is 0 Å². The lowest BCUT2D eigenvalue weighted by molar-refractivity contribution is -0.384. The molecule has 0 atom stereocenters. The maximum Gasteiger partial charge on any atom is 0.270 e. The first-order valence-corrected chi connectivity index (χ1v) is 10.2. The van der Waals surface area contributed by atoms with Gasteiger partial charge in [0, 0.05) is 23.4 Å². The van der Waals surface area contributed by atoms with Crippen LogP contribution in [0.15, 0.2) is 76.7 Å². The summed E-state index contributed by atoms with van der Waals surface area (Å²) in [7, 11) is 1.48. The molecule has 9 heteroatoms. The van der Waals surface area contributed by atoms with Crippen LogP contribution in [0, 0.1) is 15.9 Å². The second kappa shape index (κ2) is 8.57. The maximum atomic E-state index is 13.4. The van der Waals surface area contributed by atoms with Crippen LogP contribution in [0.1, 0.15) is 5.56 Å². The minimum absolute atomic E-state index is 0.0567. The van der Waals surface area contributed by atoms with Crippen molar-refractivity contribution < 1.29 is 14.1 Å². The quantitative estimate of drug-likeness (QED) is 0.188. The van der Waals surface area contributed by atoms with Gasteiger partial charge in [-0.3, -0.25) is 19.5 Å². The molecule has 0 amide bonds. The SMILES string of the molecule is COc1ccc([N+](=O)[O-])cc1CSc1nc2ccccc2c(=O)n1-c1ccc(F)cc1. The molecule has 0 aliphatic carbocycles. The van der Waals surface area contributed by atoms with Crippen molar-refractivity contribution in [3.05, 3.63) is 98.6 Å². The Labute approximate surface area is 180 Å². The number of methoxy groups -OCH3 is 1. The van der Waals surface area contributed by atoms with E-state index >= 15 is 0 Å². The molecule has 1 aromatic heterocycles. The van der Waals surface area contributed by atoms with Gasteiger partial charge >= 0.3 is 0 Å². The number of hydrogen-bond donors (Lipinski definition) is 0. The zero-order valence-electron chi connectivity index (χ0n) is 16.3. The van der Waals surface area contributed by atoms with Gasteiger partial charge in [0.2, 0.25) is 0 Å². The van der Waals surface area contributed by atoms with Gasteiger partial charge in [0.15, 0.2) is 5.16 Å². The molecule has 0 aliphatic rings. The summed E-state index contributed by atoms with van der Waals surface area (Å²) >= 11 is 1.23. The van der Waals surface area contributed by atoms with E-state index in [9.17, 15) is 19.3 Å². The van der Waals surface area contributed by atoms with Crippen LogP contribution >= 0.6 is 11.8 Å². The Morgan fingerprint density at radius 2 is 1.87 bits per heavy atom. The minimum Gasteiger partial charge on any atom is -0.496 e. The Kier molecular flexibility index (Phi) is 5.68. The number of hydrogen-bond acceptors (Lipinski definition) is 6. The van der Waals surface area contributed by atoms with Gasteiger partial charge in [-0.25, -0.2) is 9.37 Å². The number of para-hydroxylation sites is 1. The lowest BCUT2D eigenvalue weighted by atomic mass is 10.2. The fourth-order valence-electron chi connectivity index (χ4n) is 3.16. The zero-order chi connectivity index (χ0) is 22.0. The second-order valence-corrected chi connectivity index (χ2v) is 7.51. The molecule has 7 nitrogen and oxygen atoms in total. The maximum absolute atomic E-state index is 13.4. The van der Waals surface area contributed by atoms with E-state index in [1.54, 1.807) is 24.3 Å². The molecule has 4 aromatic rings. The number of non-ortho nitro benzene ring substituents is 1. The normalized spacial score (nSPS) is 10.9. The number of ether oxygens (including phenoxy) is 1. The number of rotatable bonds is 6. The lowest BCUT2D eigenvalue weighted by Crippen LogP contribution is -2.21. The van der Waals surface area contributed by atoms with Gasteiger partial charge < -0.3 is 4.74 Å². The highest BCUT2D eigenvalue weighted by Crippen LogP contribution is 2.31. The summed E-state index contributed by atoms with van der Waals surface area (Å²) < 4.78 is 20.2. The van der Waals surface area contributed by atoms with Crippen LogP contribution in [0.2, 0.25) is 0 Å². The molecule has 0 unspecified atom stereocenters.